The van der Waals surface area contributed by atoms with Crippen LogP contribution in [0.25, 0.3) is 0 Å². The van der Waals surface area contributed by atoms with Crippen molar-refractivity contribution in [3.63, 3.8) is 0 Å². The molecule has 0 aromatic carbocycles. The fraction of sp³-hybridized carbons (Fsp3) is 0.643. The highest BCUT2D eigenvalue weighted by Gasteiger charge is 2.28. The van der Waals surface area contributed by atoms with E-state index in [-0.39, 0.29) is 17.5 Å². The van der Waals surface area contributed by atoms with Crippen molar-refractivity contribution in [3.8, 4) is 0 Å². The van der Waals surface area contributed by atoms with Gasteiger partial charge in [0.05, 0.1) is 5.56 Å². The van der Waals surface area contributed by atoms with Gasteiger partial charge in [-0.2, -0.15) is 0 Å². The molecular formula is C14H22N4O2. The van der Waals surface area contributed by atoms with Crippen molar-refractivity contribution in [1.82, 2.24) is 9.97 Å². The van der Waals surface area contributed by atoms with Crippen LogP contribution in [0.4, 0.5) is 5.82 Å². The average molecular weight is 278 g/mol. The number of rotatable bonds is 5. The van der Waals surface area contributed by atoms with Gasteiger partial charge in [-0.05, 0) is 25.7 Å². The first-order valence-electron chi connectivity index (χ1n) is 7.17. The van der Waals surface area contributed by atoms with Gasteiger partial charge in [-0.25, -0.2) is 9.97 Å². The van der Waals surface area contributed by atoms with Gasteiger partial charge in [0, 0.05) is 12.8 Å². The highest BCUT2D eigenvalue weighted by Crippen LogP contribution is 2.35. The molecule has 1 saturated carbocycles. The second-order valence-electron chi connectivity index (χ2n) is 5.17. The topological polar surface area (TPSA) is 104 Å². The minimum Gasteiger partial charge on any atom is -0.383 e. The van der Waals surface area contributed by atoms with Gasteiger partial charge in [-0.1, -0.05) is 19.3 Å². The van der Waals surface area contributed by atoms with Crippen LogP contribution in [0.1, 0.15) is 61.3 Å². The SMILES string of the molecule is CCOC(c1ncc(C(N)=O)c(N)n1)C1CCCCC1. The van der Waals surface area contributed by atoms with Gasteiger partial charge in [0.15, 0.2) is 5.82 Å². The molecular weight excluding hydrogens is 256 g/mol. The van der Waals surface area contributed by atoms with Crippen molar-refractivity contribution < 1.29 is 9.53 Å². The summed E-state index contributed by atoms with van der Waals surface area (Å²) in [5.41, 5.74) is 11.2. The number of anilines is 1. The van der Waals surface area contributed by atoms with Crippen molar-refractivity contribution in [1.29, 1.82) is 0 Å². The quantitative estimate of drug-likeness (QED) is 0.854. The first-order valence-corrected chi connectivity index (χ1v) is 7.17. The number of hydrogen-bond donors (Lipinski definition) is 2. The van der Waals surface area contributed by atoms with E-state index in [2.05, 4.69) is 9.97 Å². The predicted molar refractivity (Wildman–Crippen MR) is 75.9 cm³/mol. The summed E-state index contributed by atoms with van der Waals surface area (Å²) >= 11 is 0. The number of primary amides is 1. The van der Waals surface area contributed by atoms with Crippen molar-refractivity contribution in [2.45, 2.75) is 45.1 Å². The summed E-state index contributed by atoms with van der Waals surface area (Å²) in [6, 6.07) is 0. The molecule has 4 N–H and O–H groups in total. The van der Waals surface area contributed by atoms with E-state index in [1.165, 1.54) is 25.5 Å². The van der Waals surface area contributed by atoms with Gasteiger partial charge in [0.1, 0.15) is 11.9 Å². The number of nitrogen functional groups attached to an aromatic ring is 1. The van der Waals surface area contributed by atoms with Crippen LogP contribution in [-0.4, -0.2) is 22.5 Å². The maximum Gasteiger partial charge on any atom is 0.254 e. The lowest BCUT2D eigenvalue weighted by molar-refractivity contribution is -0.000120. The monoisotopic (exact) mass is 278 g/mol. The molecule has 1 fully saturated rings. The maximum absolute atomic E-state index is 11.2. The van der Waals surface area contributed by atoms with Gasteiger partial charge >= 0.3 is 0 Å². The normalized spacial score (nSPS) is 17.9. The van der Waals surface area contributed by atoms with Crippen molar-refractivity contribution >= 4 is 11.7 Å². The molecule has 0 radical (unpaired) electrons. The molecule has 1 unspecified atom stereocenters. The van der Waals surface area contributed by atoms with Crippen LogP contribution in [0.3, 0.4) is 0 Å². The van der Waals surface area contributed by atoms with Crippen LogP contribution in [-0.2, 0) is 4.74 Å². The Balaban J connectivity index is 2.24. The van der Waals surface area contributed by atoms with E-state index >= 15 is 0 Å². The number of carbonyl (C=O) groups is 1. The molecule has 6 nitrogen and oxygen atoms in total. The molecule has 1 heterocycles. The number of amides is 1. The Bertz CT molecular complexity index is 472. The highest BCUT2D eigenvalue weighted by molar-refractivity contribution is 5.96. The molecule has 1 amide bonds. The van der Waals surface area contributed by atoms with E-state index in [1.54, 1.807) is 0 Å². The third-order valence-electron chi connectivity index (χ3n) is 3.78. The molecule has 1 atom stereocenters. The first-order chi connectivity index (χ1) is 9.63. The fourth-order valence-corrected chi connectivity index (χ4v) is 2.77. The summed E-state index contributed by atoms with van der Waals surface area (Å²) < 4.78 is 5.83. The lowest BCUT2D eigenvalue weighted by Crippen LogP contribution is -2.23. The van der Waals surface area contributed by atoms with Crippen LogP contribution in [0.15, 0.2) is 6.20 Å². The zero-order valence-corrected chi connectivity index (χ0v) is 11.8. The molecule has 1 aliphatic carbocycles. The molecule has 110 valence electrons. The zero-order chi connectivity index (χ0) is 14.5. The molecule has 1 aromatic heterocycles. The Hall–Kier alpha value is -1.69. The Morgan fingerprint density at radius 2 is 2.15 bits per heavy atom. The zero-order valence-electron chi connectivity index (χ0n) is 11.8. The van der Waals surface area contributed by atoms with Gasteiger partial charge in [-0.3, -0.25) is 4.79 Å². The Morgan fingerprint density at radius 3 is 2.70 bits per heavy atom. The number of nitrogens with zero attached hydrogens (tertiary/aromatic N) is 2. The highest BCUT2D eigenvalue weighted by atomic mass is 16.5. The summed E-state index contributed by atoms with van der Waals surface area (Å²) in [6.07, 6.45) is 7.18. The van der Waals surface area contributed by atoms with E-state index in [1.807, 2.05) is 6.92 Å². The molecule has 2 rings (SSSR count). The number of hydrogen-bond acceptors (Lipinski definition) is 5. The van der Waals surface area contributed by atoms with E-state index in [4.69, 9.17) is 16.2 Å². The lowest BCUT2D eigenvalue weighted by atomic mass is 9.85. The third kappa shape index (κ3) is 3.25. The van der Waals surface area contributed by atoms with E-state index in [0.29, 0.717) is 18.3 Å². The summed E-state index contributed by atoms with van der Waals surface area (Å²) in [6.45, 7) is 2.55. The van der Waals surface area contributed by atoms with Gasteiger partial charge in [0.2, 0.25) is 0 Å². The van der Waals surface area contributed by atoms with Crippen LogP contribution in [0.2, 0.25) is 0 Å². The second kappa shape index (κ2) is 6.65. The first kappa shape index (κ1) is 14.7. The maximum atomic E-state index is 11.2. The van der Waals surface area contributed by atoms with Gasteiger partial charge in [0.25, 0.3) is 5.91 Å². The lowest BCUT2D eigenvalue weighted by Gasteiger charge is -2.29. The molecule has 0 spiro atoms. The Kier molecular flexibility index (Phi) is 4.89. The van der Waals surface area contributed by atoms with Crippen LogP contribution in [0.5, 0.6) is 0 Å². The number of carbonyl (C=O) groups excluding carboxylic acids is 1. The molecule has 0 saturated heterocycles. The van der Waals surface area contributed by atoms with E-state index < -0.39 is 5.91 Å². The van der Waals surface area contributed by atoms with Crippen molar-refractivity contribution in [2.24, 2.45) is 11.7 Å². The largest absolute Gasteiger partial charge is 0.383 e. The minimum atomic E-state index is -0.611. The Morgan fingerprint density at radius 1 is 1.45 bits per heavy atom. The molecule has 1 aliphatic rings. The molecule has 0 aliphatic heterocycles. The summed E-state index contributed by atoms with van der Waals surface area (Å²) in [5, 5.41) is 0. The standard InChI is InChI=1S/C14H22N4O2/c1-2-20-11(9-6-4-3-5-7-9)14-17-8-10(13(16)19)12(15)18-14/h8-9,11H,2-7H2,1H3,(H2,16,19)(H2,15,17,18). The van der Waals surface area contributed by atoms with Gasteiger partial charge < -0.3 is 16.2 Å². The summed E-state index contributed by atoms with van der Waals surface area (Å²) in [4.78, 5) is 19.6. The molecule has 6 heteroatoms. The Labute approximate surface area is 118 Å². The fourth-order valence-electron chi connectivity index (χ4n) is 2.77. The number of ether oxygens (including phenoxy) is 1. The second-order valence-corrected chi connectivity index (χ2v) is 5.17. The molecule has 20 heavy (non-hydrogen) atoms. The number of nitrogens with two attached hydrogens (primary N) is 2. The van der Waals surface area contributed by atoms with Crippen molar-refractivity contribution in [2.75, 3.05) is 12.3 Å². The third-order valence-corrected chi connectivity index (χ3v) is 3.78. The summed E-state index contributed by atoms with van der Waals surface area (Å²) in [5.74, 6) is 0.492. The minimum absolute atomic E-state index is 0.128. The average Bonchev–Trinajstić information content (AvgIpc) is 2.45. The van der Waals surface area contributed by atoms with Crippen molar-refractivity contribution in [3.05, 3.63) is 17.6 Å². The van der Waals surface area contributed by atoms with E-state index in [9.17, 15) is 4.79 Å². The van der Waals surface area contributed by atoms with Crippen LogP contribution >= 0.6 is 0 Å². The summed E-state index contributed by atoms with van der Waals surface area (Å²) in [7, 11) is 0. The molecule has 1 aromatic rings. The van der Waals surface area contributed by atoms with Crippen LogP contribution in [0, 0.1) is 5.92 Å². The number of aromatic nitrogens is 2. The van der Waals surface area contributed by atoms with E-state index in [0.717, 1.165) is 12.8 Å². The van der Waals surface area contributed by atoms with Gasteiger partial charge in [-0.15, -0.1) is 0 Å². The molecule has 0 bridgehead atoms. The predicted octanol–water partition coefficient (Wildman–Crippen LogP) is 1.82. The van der Waals surface area contributed by atoms with Crippen LogP contribution < -0.4 is 11.5 Å². The smallest absolute Gasteiger partial charge is 0.254 e.